The number of para-hydroxylation sites is 2. The highest BCUT2D eigenvalue weighted by Crippen LogP contribution is 2.28. The summed E-state index contributed by atoms with van der Waals surface area (Å²) < 4.78 is 12.5. The van der Waals surface area contributed by atoms with Crippen LogP contribution in [-0.2, 0) is 14.9 Å². The Bertz CT molecular complexity index is 717. The van der Waals surface area contributed by atoms with E-state index in [1.165, 1.54) is 0 Å². The van der Waals surface area contributed by atoms with Crippen molar-refractivity contribution in [3.63, 3.8) is 0 Å². The van der Waals surface area contributed by atoms with Gasteiger partial charge in [0.25, 0.3) is 0 Å². The Labute approximate surface area is 148 Å². The van der Waals surface area contributed by atoms with Crippen LogP contribution in [0.25, 0.3) is 5.69 Å². The minimum atomic E-state index is -0.203. The Hall–Kier alpha value is -2.50. The molecule has 0 spiro atoms. The first-order chi connectivity index (χ1) is 11.8. The van der Waals surface area contributed by atoms with Gasteiger partial charge in [0, 0.05) is 17.9 Å². The number of hydrogen-bond acceptors (Lipinski definition) is 5. The van der Waals surface area contributed by atoms with Crippen molar-refractivity contribution in [1.29, 1.82) is 0 Å². The smallest absolute Gasteiger partial charge is 0.305 e. The van der Waals surface area contributed by atoms with Crippen LogP contribution in [-0.4, -0.2) is 29.0 Å². The second-order valence-electron chi connectivity index (χ2n) is 6.84. The number of hydrogen-bond donors (Lipinski definition) is 1. The zero-order valence-electron chi connectivity index (χ0n) is 15.4. The van der Waals surface area contributed by atoms with Crippen LogP contribution in [0.15, 0.2) is 30.3 Å². The molecule has 0 radical (unpaired) electrons. The first-order valence-electron chi connectivity index (χ1n) is 8.56. The summed E-state index contributed by atoms with van der Waals surface area (Å²) in [4.78, 5) is 11.4. The van der Waals surface area contributed by atoms with Crippen LogP contribution in [0.1, 0.15) is 46.2 Å². The summed E-state index contributed by atoms with van der Waals surface area (Å²) in [6.45, 7) is 8.90. The molecular formula is C19H27N3O3. The maximum Gasteiger partial charge on any atom is 0.305 e. The molecule has 0 fully saturated rings. The lowest BCUT2D eigenvalue weighted by atomic mass is 9.92. The summed E-state index contributed by atoms with van der Waals surface area (Å²) >= 11 is 0. The summed E-state index contributed by atoms with van der Waals surface area (Å²) in [7, 11) is 0. The van der Waals surface area contributed by atoms with Gasteiger partial charge in [0.15, 0.2) is 0 Å². The molecule has 0 aliphatic rings. The standard InChI is InChI=1S/C19H27N3O3/c1-5-24-18(23)11-8-12-25-15-10-7-6-9-14(15)22-17(20)13-16(21-22)19(2,3)4/h6-7,9-10,13H,5,8,11-12,20H2,1-4H3. The molecule has 0 aliphatic carbocycles. The van der Waals surface area contributed by atoms with Crippen molar-refractivity contribution in [3.05, 3.63) is 36.0 Å². The fourth-order valence-corrected chi connectivity index (χ4v) is 2.34. The minimum absolute atomic E-state index is 0.0885. The van der Waals surface area contributed by atoms with Crippen LogP contribution in [0.5, 0.6) is 5.75 Å². The molecule has 0 saturated heterocycles. The number of esters is 1. The van der Waals surface area contributed by atoms with Crippen LogP contribution in [0.3, 0.4) is 0 Å². The molecule has 136 valence electrons. The Morgan fingerprint density at radius 1 is 1.28 bits per heavy atom. The fraction of sp³-hybridized carbons (Fsp3) is 0.474. The van der Waals surface area contributed by atoms with Crippen molar-refractivity contribution >= 4 is 11.8 Å². The van der Waals surface area contributed by atoms with E-state index >= 15 is 0 Å². The zero-order chi connectivity index (χ0) is 18.4. The van der Waals surface area contributed by atoms with Gasteiger partial charge in [-0.2, -0.15) is 5.10 Å². The van der Waals surface area contributed by atoms with Crippen molar-refractivity contribution in [2.24, 2.45) is 0 Å². The van der Waals surface area contributed by atoms with E-state index in [2.05, 4.69) is 25.9 Å². The number of nitrogen functional groups attached to an aromatic ring is 1. The highest BCUT2D eigenvalue weighted by molar-refractivity contribution is 5.69. The Kier molecular flexibility index (Phi) is 6.07. The lowest BCUT2D eigenvalue weighted by Crippen LogP contribution is -2.13. The van der Waals surface area contributed by atoms with Gasteiger partial charge in [-0.1, -0.05) is 32.9 Å². The van der Waals surface area contributed by atoms with Gasteiger partial charge < -0.3 is 15.2 Å². The monoisotopic (exact) mass is 345 g/mol. The molecule has 25 heavy (non-hydrogen) atoms. The SMILES string of the molecule is CCOC(=O)CCCOc1ccccc1-n1nc(C(C)(C)C)cc1N. The van der Waals surface area contributed by atoms with Gasteiger partial charge in [-0.3, -0.25) is 4.79 Å². The van der Waals surface area contributed by atoms with E-state index in [0.717, 1.165) is 11.4 Å². The molecule has 2 N–H and O–H groups in total. The second-order valence-corrected chi connectivity index (χ2v) is 6.84. The van der Waals surface area contributed by atoms with E-state index in [1.807, 2.05) is 30.3 Å². The first-order valence-corrected chi connectivity index (χ1v) is 8.56. The first kappa shape index (κ1) is 18.8. The number of carbonyl (C=O) groups is 1. The van der Waals surface area contributed by atoms with E-state index in [9.17, 15) is 4.79 Å². The predicted octanol–water partition coefficient (Wildman–Crippen LogP) is 3.47. The average molecular weight is 345 g/mol. The Morgan fingerprint density at radius 3 is 2.64 bits per heavy atom. The number of benzene rings is 1. The van der Waals surface area contributed by atoms with E-state index < -0.39 is 0 Å². The van der Waals surface area contributed by atoms with Crippen LogP contribution in [0.4, 0.5) is 5.82 Å². The molecule has 0 unspecified atom stereocenters. The average Bonchev–Trinajstić information content (AvgIpc) is 2.94. The van der Waals surface area contributed by atoms with Crippen LogP contribution in [0.2, 0.25) is 0 Å². The summed E-state index contributed by atoms with van der Waals surface area (Å²) in [5, 5.41) is 4.63. The summed E-state index contributed by atoms with van der Waals surface area (Å²) in [5.41, 5.74) is 7.76. The third kappa shape index (κ3) is 4.98. The van der Waals surface area contributed by atoms with Gasteiger partial charge in [-0.25, -0.2) is 4.68 Å². The van der Waals surface area contributed by atoms with Crippen molar-refractivity contribution in [1.82, 2.24) is 9.78 Å². The van der Waals surface area contributed by atoms with Crippen molar-refractivity contribution in [3.8, 4) is 11.4 Å². The Balaban J connectivity index is 2.11. The normalized spacial score (nSPS) is 11.4. The number of nitrogens with zero attached hydrogens (tertiary/aromatic N) is 2. The van der Waals surface area contributed by atoms with E-state index in [0.29, 0.717) is 37.6 Å². The number of rotatable bonds is 7. The summed E-state index contributed by atoms with van der Waals surface area (Å²) in [6.07, 6.45) is 0.934. The molecule has 0 amide bonds. The highest BCUT2D eigenvalue weighted by atomic mass is 16.5. The van der Waals surface area contributed by atoms with Gasteiger partial charge in [-0.05, 0) is 25.5 Å². The van der Waals surface area contributed by atoms with Crippen LogP contribution >= 0.6 is 0 Å². The Morgan fingerprint density at radius 2 is 2.00 bits per heavy atom. The lowest BCUT2D eigenvalue weighted by molar-refractivity contribution is -0.143. The quantitative estimate of drug-likeness (QED) is 0.614. The maximum atomic E-state index is 11.4. The number of anilines is 1. The summed E-state index contributed by atoms with van der Waals surface area (Å²) in [6, 6.07) is 9.48. The maximum absolute atomic E-state index is 11.4. The molecule has 2 aromatic rings. The number of ether oxygens (including phenoxy) is 2. The van der Waals surface area contributed by atoms with Crippen LogP contribution in [0, 0.1) is 0 Å². The second kappa shape index (κ2) is 8.05. The van der Waals surface area contributed by atoms with E-state index in [4.69, 9.17) is 15.2 Å². The molecule has 2 rings (SSSR count). The predicted molar refractivity (Wildman–Crippen MR) is 98.0 cm³/mol. The lowest BCUT2D eigenvalue weighted by Gasteiger charge is -2.15. The number of aromatic nitrogens is 2. The molecule has 6 heteroatoms. The third-order valence-electron chi connectivity index (χ3n) is 3.69. The van der Waals surface area contributed by atoms with Crippen molar-refractivity contribution in [2.75, 3.05) is 18.9 Å². The topological polar surface area (TPSA) is 79.4 Å². The molecule has 1 aromatic carbocycles. The van der Waals surface area contributed by atoms with Crippen LogP contribution < -0.4 is 10.5 Å². The van der Waals surface area contributed by atoms with Gasteiger partial charge >= 0.3 is 5.97 Å². The van der Waals surface area contributed by atoms with E-state index in [-0.39, 0.29) is 11.4 Å². The number of nitrogens with two attached hydrogens (primary N) is 1. The molecule has 1 heterocycles. The van der Waals surface area contributed by atoms with Crippen molar-refractivity contribution < 1.29 is 14.3 Å². The molecular weight excluding hydrogens is 318 g/mol. The van der Waals surface area contributed by atoms with Crippen molar-refractivity contribution in [2.45, 2.75) is 46.0 Å². The van der Waals surface area contributed by atoms with Gasteiger partial charge in [0.05, 0.1) is 18.9 Å². The molecule has 1 aromatic heterocycles. The van der Waals surface area contributed by atoms with Gasteiger partial charge in [0.2, 0.25) is 0 Å². The molecule has 0 saturated carbocycles. The summed E-state index contributed by atoms with van der Waals surface area (Å²) in [5.74, 6) is 1.04. The molecule has 6 nitrogen and oxygen atoms in total. The minimum Gasteiger partial charge on any atom is -0.491 e. The highest BCUT2D eigenvalue weighted by Gasteiger charge is 2.20. The molecule has 0 aliphatic heterocycles. The zero-order valence-corrected chi connectivity index (χ0v) is 15.4. The number of carbonyl (C=O) groups excluding carboxylic acids is 1. The van der Waals surface area contributed by atoms with Gasteiger partial charge in [0.1, 0.15) is 17.3 Å². The molecule has 0 bridgehead atoms. The van der Waals surface area contributed by atoms with Gasteiger partial charge in [-0.15, -0.1) is 0 Å². The fourth-order valence-electron chi connectivity index (χ4n) is 2.34. The third-order valence-corrected chi connectivity index (χ3v) is 3.69. The molecule has 0 atom stereocenters. The van der Waals surface area contributed by atoms with E-state index in [1.54, 1.807) is 11.6 Å². The largest absolute Gasteiger partial charge is 0.491 e.